The number of aliphatic hydroxyl groups is 2. The number of ether oxygens (including phenoxy) is 2. The predicted octanol–water partition coefficient (Wildman–Crippen LogP) is 14.8. The lowest BCUT2D eigenvalue weighted by Crippen LogP contribution is -2.29. The highest BCUT2D eigenvalue weighted by molar-refractivity contribution is 7.47. The molecule has 0 aromatic heterocycles. The number of rotatable bonds is 47. The predicted molar refractivity (Wildman–Crippen MR) is 269 cm³/mol. The molecular formula is C54H93O9P. The number of phosphoric ester groups is 1. The number of unbranched alkanes of at least 4 members (excludes halogenated alkanes) is 17. The second-order valence-electron chi connectivity index (χ2n) is 16.4. The number of aliphatic hydroxyl groups excluding tert-OH is 2. The summed E-state index contributed by atoms with van der Waals surface area (Å²) in [5, 5.41) is 18.4. The van der Waals surface area contributed by atoms with E-state index < -0.39 is 45.8 Å². The minimum atomic E-state index is -4.55. The van der Waals surface area contributed by atoms with Crippen molar-refractivity contribution in [3.8, 4) is 0 Å². The van der Waals surface area contributed by atoms with E-state index >= 15 is 0 Å². The van der Waals surface area contributed by atoms with Crippen molar-refractivity contribution in [2.24, 2.45) is 0 Å². The lowest BCUT2D eigenvalue weighted by Gasteiger charge is -2.20. The molecule has 0 radical (unpaired) electrons. The van der Waals surface area contributed by atoms with Crippen LogP contribution >= 0.6 is 7.82 Å². The smallest absolute Gasteiger partial charge is 0.457 e. The largest absolute Gasteiger partial charge is 0.472 e. The van der Waals surface area contributed by atoms with Gasteiger partial charge in [0.15, 0.2) is 0 Å². The van der Waals surface area contributed by atoms with Gasteiger partial charge in [-0.15, -0.1) is 0 Å². The highest BCUT2D eigenvalue weighted by atomic mass is 31.2. The van der Waals surface area contributed by atoms with Gasteiger partial charge in [0.2, 0.25) is 0 Å². The molecule has 0 spiro atoms. The van der Waals surface area contributed by atoms with E-state index in [1.54, 1.807) is 0 Å². The third-order valence-electron chi connectivity index (χ3n) is 10.3. The number of phosphoric acid groups is 1. The number of allylic oxidation sites excluding steroid dienone is 16. The summed E-state index contributed by atoms with van der Waals surface area (Å²) in [5.41, 5.74) is 0. The number of carbonyl (C=O) groups excluding carboxylic acids is 1. The monoisotopic (exact) mass is 917 g/mol. The number of carbonyl (C=O) groups is 1. The van der Waals surface area contributed by atoms with Crippen LogP contribution in [0, 0.1) is 0 Å². The normalized spacial score (nSPS) is 14.6. The summed E-state index contributed by atoms with van der Waals surface area (Å²) in [6.45, 7) is 3.23. The van der Waals surface area contributed by atoms with Gasteiger partial charge in [-0.25, -0.2) is 4.57 Å². The summed E-state index contributed by atoms with van der Waals surface area (Å²) in [7, 11) is -4.55. The molecule has 0 rings (SSSR count). The first-order valence-electron chi connectivity index (χ1n) is 25.2. The van der Waals surface area contributed by atoms with Gasteiger partial charge < -0.3 is 24.6 Å². The third-order valence-corrected chi connectivity index (χ3v) is 11.2. The first-order valence-corrected chi connectivity index (χ1v) is 26.7. The minimum absolute atomic E-state index is 0.00300. The molecule has 3 unspecified atom stereocenters. The summed E-state index contributed by atoms with van der Waals surface area (Å²) in [6, 6.07) is 0. The zero-order valence-corrected chi connectivity index (χ0v) is 41.4. The van der Waals surface area contributed by atoms with Crippen LogP contribution in [0.1, 0.15) is 194 Å². The van der Waals surface area contributed by atoms with Crippen molar-refractivity contribution in [3.63, 3.8) is 0 Å². The molecule has 0 aromatic rings. The van der Waals surface area contributed by atoms with E-state index in [1.165, 1.54) is 89.9 Å². The fraction of sp³-hybridized carbons (Fsp3) is 0.685. The van der Waals surface area contributed by atoms with Gasteiger partial charge in [0, 0.05) is 13.0 Å². The van der Waals surface area contributed by atoms with Gasteiger partial charge in [-0.3, -0.25) is 13.8 Å². The van der Waals surface area contributed by atoms with Gasteiger partial charge in [-0.05, 0) is 89.9 Å². The maximum absolute atomic E-state index is 12.7. The zero-order valence-electron chi connectivity index (χ0n) is 40.5. The van der Waals surface area contributed by atoms with Crippen molar-refractivity contribution in [1.29, 1.82) is 0 Å². The first kappa shape index (κ1) is 61.4. The highest BCUT2D eigenvalue weighted by Crippen LogP contribution is 2.43. The molecule has 64 heavy (non-hydrogen) atoms. The van der Waals surface area contributed by atoms with Crippen LogP contribution in [0.15, 0.2) is 97.2 Å². The fourth-order valence-corrected chi connectivity index (χ4v) is 7.25. The SMILES string of the molecule is CC/C=C\C/C=C\C/C=C\C/C=C\C/C=C\C/C=C\CCCOCC(COP(=O)(O)OCC(O)CO)OC(=O)CCCCCCCCCCCCC/C=C\C/C=C\CCCCCCC. The van der Waals surface area contributed by atoms with Gasteiger partial charge in [0.25, 0.3) is 0 Å². The Bertz CT molecular complexity index is 1320. The number of hydrogen-bond acceptors (Lipinski definition) is 8. The van der Waals surface area contributed by atoms with Crippen LogP contribution in [0.5, 0.6) is 0 Å². The van der Waals surface area contributed by atoms with Gasteiger partial charge in [-0.2, -0.15) is 0 Å². The van der Waals surface area contributed by atoms with Crippen molar-refractivity contribution >= 4 is 13.8 Å². The Hall–Kier alpha value is -2.62. The zero-order chi connectivity index (χ0) is 46.7. The van der Waals surface area contributed by atoms with Crippen molar-refractivity contribution in [2.75, 3.05) is 33.0 Å². The highest BCUT2D eigenvalue weighted by Gasteiger charge is 2.26. The molecule has 0 bridgehead atoms. The summed E-state index contributed by atoms with van der Waals surface area (Å²) >= 11 is 0. The van der Waals surface area contributed by atoms with Crippen LogP contribution in [0.25, 0.3) is 0 Å². The van der Waals surface area contributed by atoms with E-state index in [1.807, 2.05) is 0 Å². The molecule has 9 nitrogen and oxygen atoms in total. The Morgan fingerprint density at radius 3 is 1.34 bits per heavy atom. The van der Waals surface area contributed by atoms with Crippen LogP contribution in [0.3, 0.4) is 0 Å². The molecule has 368 valence electrons. The lowest BCUT2D eigenvalue weighted by molar-refractivity contribution is -0.154. The Kier molecular flexibility index (Phi) is 47.8. The Labute approximate surface area is 391 Å². The van der Waals surface area contributed by atoms with Gasteiger partial charge in [0.1, 0.15) is 12.2 Å². The second-order valence-corrected chi connectivity index (χ2v) is 17.9. The first-order chi connectivity index (χ1) is 31.3. The quantitative estimate of drug-likeness (QED) is 0.0236. The molecule has 0 heterocycles. The van der Waals surface area contributed by atoms with Crippen molar-refractivity contribution in [3.05, 3.63) is 97.2 Å². The van der Waals surface area contributed by atoms with Crippen molar-refractivity contribution in [2.45, 2.75) is 206 Å². The topological polar surface area (TPSA) is 132 Å². The van der Waals surface area contributed by atoms with Gasteiger partial charge >= 0.3 is 13.8 Å². The second kappa shape index (κ2) is 49.8. The maximum Gasteiger partial charge on any atom is 0.472 e. The molecule has 0 saturated carbocycles. The van der Waals surface area contributed by atoms with Crippen molar-refractivity contribution < 1.29 is 43.0 Å². The van der Waals surface area contributed by atoms with E-state index in [4.69, 9.17) is 23.6 Å². The summed E-state index contributed by atoms with van der Waals surface area (Å²) in [6.07, 6.45) is 63.8. The van der Waals surface area contributed by atoms with Crippen LogP contribution in [-0.4, -0.2) is 66.3 Å². The molecule has 0 fully saturated rings. The summed E-state index contributed by atoms with van der Waals surface area (Å²) in [4.78, 5) is 22.7. The molecule has 10 heteroatoms. The average Bonchev–Trinajstić information content (AvgIpc) is 3.29. The van der Waals surface area contributed by atoms with E-state index in [0.717, 1.165) is 77.0 Å². The van der Waals surface area contributed by atoms with Crippen molar-refractivity contribution in [1.82, 2.24) is 0 Å². The molecule has 0 aromatic carbocycles. The molecule has 0 saturated heterocycles. The minimum Gasteiger partial charge on any atom is -0.457 e. The number of hydrogen-bond donors (Lipinski definition) is 3. The Balaban J connectivity index is 4.20. The van der Waals surface area contributed by atoms with Crippen LogP contribution in [0.2, 0.25) is 0 Å². The van der Waals surface area contributed by atoms with E-state index in [9.17, 15) is 19.4 Å². The van der Waals surface area contributed by atoms with E-state index in [0.29, 0.717) is 13.0 Å². The standard InChI is InChI=1S/C54H93O9P/c1-3-5-7-9-11-13-15-17-19-21-23-25-26-27-28-30-32-34-36-38-40-42-44-46-54(57)63-53(51-62-64(58,59)61-49-52(56)48-55)50-60-47-45-43-41-39-37-35-33-31-29-24-22-20-18-16-14-12-10-8-6-4-2/h6,8,12,14-15,17-18,20-21,23-24,29,33,35,39,41,52-53,55-56H,3-5,7,9-11,13,16,19,22,25-28,30-32,34,36-38,40,42-51H2,1-2H3,(H,58,59)/b8-6-,14-12-,17-15-,20-18-,23-21-,29-24-,35-33-,41-39-. The maximum atomic E-state index is 12.7. The van der Waals surface area contributed by atoms with Crippen LogP contribution in [-0.2, 0) is 27.9 Å². The van der Waals surface area contributed by atoms with Crippen LogP contribution < -0.4 is 0 Å². The van der Waals surface area contributed by atoms with Crippen LogP contribution in [0.4, 0.5) is 0 Å². The molecule has 0 aliphatic carbocycles. The third kappa shape index (κ3) is 48.8. The number of esters is 1. The molecule has 0 aliphatic rings. The van der Waals surface area contributed by atoms with Gasteiger partial charge in [-0.1, -0.05) is 195 Å². The molecular weight excluding hydrogens is 824 g/mol. The summed E-state index contributed by atoms with van der Waals surface area (Å²) in [5.74, 6) is -0.407. The van der Waals surface area contributed by atoms with E-state index in [2.05, 4.69) is 111 Å². The fourth-order valence-electron chi connectivity index (χ4n) is 6.46. The Morgan fingerprint density at radius 1 is 0.500 bits per heavy atom. The van der Waals surface area contributed by atoms with E-state index in [-0.39, 0.29) is 13.0 Å². The molecule has 3 N–H and O–H groups in total. The Morgan fingerprint density at radius 2 is 0.891 bits per heavy atom. The lowest BCUT2D eigenvalue weighted by atomic mass is 10.0. The molecule has 3 atom stereocenters. The molecule has 0 aliphatic heterocycles. The van der Waals surface area contributed by atoms with Gasteiger partial charge in [0.05, 0.1) is 26.4 Å². The molecule has 0 amide bonds. The summed E-state index contributed by atoms with van der Waals surface area (Å²) < 4.78 is 33.4. The average molecular weight is 917 g/mol.